The molecule has 1 aliphatic rings. The summed E-state index contributed by atoms with van der Waals surface area (Å²) in [6.07, 6.45) is 2.12. The molecule has 0 saturated carbocycles. The van der Waals surface area contributed by atoms with Crippen molar-refractivity contribution < 1.29 is 4.79 Å². The highest BCUT2D eigenvalue weighted by Crippen LogP contribution is 2.23. The summed E-state index contributed by atoms with van der Waals surface area (Å²) in [5.74, 6) is 0.176. The first kappa shape index (κ1) is 13.8. The van der Waals surface area contributed by atoms with Gasteiger partial charge in [-0.15, -0.1) is 0 Å². The lowest BCUT2D eigenvalue weighted by Gasteiger charge is -2.15. The summed E-state index contributed by atoms with van der Waals surface area (Å²) in [5.41, 5.74) is 6.86. The number of nitrogens with zero attached hydrogens (tertiary/aromatic N) is 1. The smallest absolute Gasteiger partial charge is 0.222 e. The standard InChI is InChI=1S/C13H16BrClN2O/c14-12-3-2-10(15)7-9(12)1-4-13(18)17-6-5-11(16)8-17/h2-3,7,11H,1,4-6,8,16H2/t11-/m0/s1. The van der Waals surface area contributed by atoms with E-state index in [0.717, 1.165) is 23.0 Å². The SMILES string of the molecule is N[C@H]1CCN(C(=O)CCc2cc(Cl)ccc2Br)C1. The van der Waals surface area contributed by atoms with E-state index < -0.39 is 0 Å². The Hall–Kier alpha value is -0.580. The van der Waals surface area contributed by atoms with Gasteiger partial charge in [-0.2, -0.15) is 0 Å². The molecule has 0 spiro atoms. The fraction of sp³-hybridized carbons (Fsp3) is 0.462. The van der Waals surface area contributed by atoms with Crippen molar-refractivity contribution in [3.8, 4) is 0 Å². The van der Waals surface area contributed by atoms with Crippen molar-refractivity contribution in [2.75, 3.05) is 13.1 Å². The van der Waals surface area contributed by atoms with Gasteiger partial charge in [-0.05, 0) is 36.6 Å². The molecule has 1 atom stereocenters. The fourth-order valence-electron chi connectivity index (χ4n) is 2.15. The maximum atomic E-state index is 12.0. The van der Waals surface area contributed by atoms with E-state index in [9.17, 15) is 4.79 Å². The van der Waals surface area contributed by atoms with Gasteiger partial charge < -0.3 is 10.6 Å². The average Bonchev–Trinajstić information content (AvgIpc) is 2.77. The quantitative estimate of drug-likeness (QED) is 0.925. The van der Waals surface area contributed by atoms with Crippen LogP contribution in [0.15, 0.2) is 22.7 Å². The van der Waals surface area contributed by atoms with Crippen LogP contribution in [-0.4, -0.2) is 29.9 Å². The van der Waals surface area contributed by atoms with Crippen molar-refractivity contribution in [2.24, 2.45) is 5.73 Å². The molecule has 2 N–H and O–H groups in total. The maximum absolute atomic E-state index is 12.0. The van der Waals surface area contributed by atoms with E-state index in [0.29, 0.717) is 24.4 Å². The summed E-state index contributed by atoms with van der Waals surface area (Å²) >= 11 is 9.42. The number of aryl methyl sites for hydroxylation is 1. The predicted octanol–water partition coefficient (Wildman–Crippen LogP) is 2.59. The summed E-state index contributed by atoms with van der Waals surface area (Å²) in [4.78, 5) is 13.8. The van der Waals surface area contributed by atoms with Crippen molar-refractivity contribution in [2.45, 2.75) is 25.3 Å². The summed E-state index contributed by atoms with van der Waals surface area (Å²) in [6.45, 7) is 1.48. The van der Waals surface area contributed by atoms with Crippen LogP contribution in [0, 0.1) is 0 Å². The zero-order chi connectivity index (χ0) is 13.1. The lowest BCUT2D eigenvalue weighted by Crippen LogP contribution is -2.31. The second kappa shape index (κ2) is 6.04. The monoisotopic (exact) mass is 330 g/mol. The second-order valence-corrected chi connectivity index (χ2v) is 5.92. The van der Waals surface area contributed by atoms with Crippen molar-refractivity contribution >= 4 is 33.4 Å². The molecule has 98 valence electrons. The van der Waals surface area contributed by atoms with Gasteiger partial charge in [0.05, 0.1) is 0 Å². The molecular weight excluding hydrogens is 316 g/mol. The Morgan fingerprint density at radius 2 is 2.33 bits per heavy atom. The Labute approximate surface area is 120 Å². The maximum Gasteiger partial charge on any atom is 0.222 e. The minimum Gasteiger partial charge on any atom is -0.341 e. The number of hydrogen-bond acceptors (Lipinski definition) is 2. The number of benzene rings is 1. The highest BCUT2D eigenvalue weighted by molar-refractivity contribution is 9.10. The predicted molar refractivity (Wildman–Crippen MR) is 76.6 cm³/mol. The van der Waals surface area contributed by atoms with Gasteiger partial charge in [-0.1, -0.05) is 27.5 Å². The summed E-state index contributed by atoms with van der Waals surface area (Å²) in [7, 11) is 0. The highest BCUT2D eigenvalue weighted by Gasteiger charge is 2.23. The molecule has 2 rings (SSSR count). The Kier molecular flexibility index (Phi) is 4.65. The number of hydrogen-bond donors (Lipinski definition) is 1. The zero-order valence-corrected chi connectivity index (χ0v) is 12.4. The molecule has 0 aliphatic carbocycles. The third kappa shape index (κ3) is 3.46. The van der Waals surface area contributed by atoms with E-state index in [1.165, 1.54) is 0 Å². The first-order valence-corrected chi connectivity index (χ1v) is 7.20. The number of halogens is 2. The summed E-state index contributed by atoms with van der Waals surface area (Å²) in [6, 6.07) is 5.78. The lowest BCUT2D eigenvalue weighted by atomic mass is 10.1. The highest BCUT2D eigenvalue weighted by atomic mass is 79.9. The summed E-state index contributed by atoms with van der Waals surface area (Å²) in [5, 5.41) is 0.698. The third-order valence-corrected chi connectivity index (χ3v) is 4.20. The van der Waals surface area contributed by atoms with Gasteiger partial charge >= 0.3 is 0 Å². The number of carbonyl (C=O) groups excluding carboxylic acids is 1. The molecule has 1 heterocycles. The van der Waals surface area contributed by atoms with Crippen LogP contribution in [-0.2, 0) is 11.2 Å². The first-order valence-electron chi connectivity index (χ1n) is 6.03. The largest absolute Gasteiger partial charge is 0.341 e. The number of amides is 1. The van der Waals surface area contributed by atoms with Crippen molar-refractivity contribution in [3.05, 3.63) is 33.3 Å². The normalized spacial score (nSPS) is 19.3. The van der Waals surface area contributed by atoms with Gasteiger partial charge in [0.1, 0.15) is 0 Å². The van der Waals surface area contributed by atoms with Gasteiger partial charge in [-0.25, -0.2) is 0 Å². The van der Waals surface area contributed by atoms with Crippen molar-refractivity contribution in [1.29, 1.82) is 0 Å². The van der Waals surface area contributed by atoms with Gasteiger partial charge in [0.25, 0.3) is 0 Å². The minimum absolute atomic E-state index is 0.145. The molecule has 1 fully saturated rings. The zero-order valence-electron chi connectivity index (χ0n) is 10.0. The molecule has 0 bridgehead atoms. The average molecular weight is 332 g/mol. The third-order valence-electron chi connectivity index (χ3n) is 3.19. The number of nitrogens with two attached hydrogens (primary N) is 1. The molecule has 1 saturated heterocycles. The minimum atomic E-state index is 0.145. The molecule has 0 aromatic heterocycles. The first-order chi connectivity index (χ1) is 8.56. The van der Waals surface area contributed by atoms with Crippen LogP contribution in [0.4, 0.5) is 0 Å². The van der Waals surface area contributed by atoms with E-state index in [2.05, 4.69) is 15.9 Å². The Morgan fingerprint density at radius 1 is 1.56 bits per heavy atom. The van der Waals surface area contributed by atoms with Crippen LogP contribution in [0.3, 0.4) is 0 Å². The second-order valence-electron chi connectivity index (χ2n) is 4.62. The van der Waals surface area contributed by atoms with Crippen LogP contribution in [0.25, 0.3) is 0 Å². The molecule has 3 nitrogen and oxygen atoms in total. The molecule has 1 aromatic rings. The number of carbonyl (C=O) groups is 1. The van der Waals surface area contributed by atoms with Crippen LogP contribution in [0.2, 0.25) is 5.02 Å². The van der Waals surface area contributed by atoms with Crippen LogP contribution in [0.1, 0.15) is 18.4 Å². The molecule has 0 unspecified atom stereocenters. The molecule has 1 amide bonds. The van der Waals surface area contributed by atoms with Crippen molar-refractivity contribution in [1.82, 2.24) is 4.90 Å². The molecule has 1 aromatic carbocycles. The molecule has 18 heavy (non-hydrogen) atoms. The Morgan fingerprint density at radius 3 is 3.00 bits per heavy atom. The van der Waals surface area contributed by atoms with Crippen molar-refractivity contribution in [3.63, 3.8) is 0 Å². The number of likely N-dealkylation sites (tertiary alicyclic amines) is 1. The molecule has 1 aliphatic heterocycles. The van der Waals surface area contributed by atoms with E-state index in [1.807, 2.05) is 23.1 Å². The number of rotatable bonds is 3. The van der Waals surface area contributed by atoms with Gasteiger partial charge in [0.2, 0.25) is 5.91 Å². The van der Waals surface area contributed by atoms with E-state index in [1.54, 1.807) is 0 Å². The topological polar surface area (TPSA) is 46.3 Å². The van der Waals surface area contributed by atoms with E-state index >= 15 is 0 Å². The van der Waals surface area contributed by atoms with Gasteiger partial charge in [0.15, 0.2) is 0 Å². The fourth-order valence-corrected chi connectivity index (χ4v) is 2.79. The van der Waals surface area contributed by atoms with E-state index in [-0.39, 0.29) is 11.9 Å². The molecule has 5 heteroatoms. The van der Waals surface area contributed by atoms with E-state index in [4.69, 9.17) is 17.3 Å². The lowest BCUT2D eigenvalue weighted by molar-refractivity contribution is -0.130. The van der Waals surface area contributed by atoms with Crippen LogP contribution >= 0.6 is 27.5 Å². The molecular formula is C13H16BrClN2O. The van der Waals surface area contributed by atoms with Gasteiger partial charge in [-0.3, -0.25) is 4.79 Å². The summed E-state index contributed by atoms with van der Waals surface area (Å²) < 4.78 is 0.998. The Balaban J connectivity index is 1.91. The Bertz CT molecular complexity index is 453. The van der Waals surface area contributed by atoms with Gasteiger partial charge in [0, 0.05) is 35.0 Å². The van der Waals surface area contributed by atoms with Crippen LogP contribution < -0.4 is 5.73 Å². The molecule has 0 radical (unpaired) electrons. The van der Waals surface area contributed by atoms with Crippen LogP contribution in [0.5, 0.6) is 0 Å².